The Morgan fingerprint density at radius 1 is 1.14 bits per heavy atom. The number of Topliss-reactive ketones (excluding diaryl/α,β-unsaturated/α-hetero) is 1. The molecular formula is C21H17ClN2O4. The summed E-state index contributed by atoms with van der Waals surface area (Å²) in [6.45, 7) is 2.19. The summed E-state index contributed by atoms with van der Waals surface area (Å²) in [6.07, 6.45) is 0.674. The Balaban J connectivity index is 1.57. The molecule has 0 amide bonds. The van der Waals surface area contributed by atoms with Gasteiger partial charge in [-0.3, -0.25) is 14.2 Å². The summed E-state index contributed by atoms with van der Waals surface area (Å²) in [7, 11) is 0. The summed E-state index contributed by atoms with van der Waals surface area (Å²) >= 11 is 5.83. The molecular weight excluding hydrogens is 380 g/mol. The number of ketones is 1. The highest BCUT2D eigenvalue weighted by Gasteiger charge is 2.22. The number of aromatic nitrogens is 2. The summed E-state index contributed by atoms with van der Waals surface area (Å²) in [5.74, 6) is -0.228. The minimum atomic E-state index is -0.956. The number of benzene rings is 2. The van der Waals surface area contributed by atoms with Crippen molar-refractivity contribution in [1.82, 2.24) is 9.55 Å². The molecule has 0 spiro atoms. The SMILES string of the molecule is C[C@H](OC(=O)c1ccc2c(=O)n3c(nc2c1)CCC3)C(=O)c1ccc(Cl)cc1. The van der Waals surface area contributed by atoms with E-state index in [2.05, 4.69) is 4.98 Å². The van der Waals surface area contributed by atoms with E-state index < -0.39 is 12.1 Å². The maximum absolute atomic E-state index is 12.5. The Morgan fingerprint density at radius 2 is 1.86 bits per heavy atom. The van der Waals surface area contributed by atoms with Gasteiger partial charge in [0.2, 0.25) is 5.78 Å². The molecule has 7 heteroatoms. The van der Waals surface area contributed by atoms with E-state index >= 15 is 0 Å². The van der Waals surface area contributed by atoms with Crippen LogP contribution in [0.2, 0.25) is 5.02 Å². The molecule has 142 valence electrons. The number of ether oxygens (including phenoxy) is 1. The molecule has 4 rings (SSSR count). The number of hydrogen-bond acceptors (Lipinski definition) is 5. The summed E-state index contributed by atoms with van der Waals surface area (Å²) in [6, 6.07) is 11.0. The topological polar surface area (TPSA) is 78.3 Å². The zero-order valence-corrected chi connectivity index (χ0v) is 15.9. The van der Waals surface area contributed by atoms with Crippen LogP contribution in [-0.2, 0) is 17.7 Å². The van der Waals surface area contributed by atoms with E-state index in [1.807, 2.05) is 0 Å². The fourth-order valence-electron chi connectivity index (χ4n) is 3.34. The maximum Gasteiger partial charge on any atom is 0.338 e. The van der Waals surface area contributed by atoms with Crippen molar-refractivity contribution in [1.29, 1.82) is 0 Å². The molecule has 28 heavy (non-hydrogen) atoms. The average molecular weight is 397 g/mol. The highest BCUT2D eigenvalue weighted by Crippen LogP contribution is 2.18. The number of halogens is 1. The minimum Gasteiger partial charge on any atom is -0.451 e. The monoisotopic (exact) mass is 396 g/mol. The van der Waals surface area contributed by atoms with Gasteiger partial charge in [-0.25, -0.2) is 9.78 Å². The molecule has 2 aromatic carbocycles. The zero-order chi connectivity index (χ0) is 19.8. The van der Waals surface area contributed by atoms with Crippen molar-refractivity contribution in [2.24, 2.45) is 0 Å². The smallest absolute Gasteiger partial charge is 0.338 e. The summed E-state index contributed by atoms with van der Waals surface area (Å²) in [5, 5.41) is 0.986. The predicted octanol–water partition coefficient (Wildman–Crippen LogP) is 3.42. The lowest BCUT2D eigenvalue weighted by Crippen LogP contribution is -2.25. The number of carbonyl (C=O) groups is 2. The predicted molar refractivity (Wildman–Crippen MR) is 105 cm³/mol. The van der Waals surface area contributed by atoms with E-state index in [4.69, 9.17) is 16.3 Å². The van der Waals surface area contributed by atoms with Crippen LogP contribution in [0, 0.1) is 0 Å². The third-order valence-corrected chi connectivity index (χ3v) is 5.09. The number of aryl methyl sites for hydroxylation is 1. The Labute approximate surface area is 165 Å². The highest BCUT2D eigenvalue weighted by molar-refractivity contribution is 6.30. The van der Waals surface area contributed by atoms with Crippen molar-refractivity contribution in [3.8, 4) is 0 Å². The third kappa shape index (κ3) is 3.31. The van der Waals surface area contributed by atoms with Gasteiger partial charge in [-0.1, -0.05) is 11.6 Å². The Kier molecular flexibility index (Phi) is 4.73. The van der Waals surface area contributed by atoms with E-state index in [1.165, 1.54) is 19.1 Å². The van der Waals surface area contributed by atoms with Gasteiger partial charge in [0.15, 0.2) is 6.10 Å². The molecule has 1 aliphatic rings. The van der Waals surface area contributed by atoms with Crippen LogP contribution in [0.15, 0.2) is 47.3 Å². The fraction of sp³-hybridized carbons (Fsp3) is 0.238. The zero-order valence-electron chi connectivity index (χ0n) is 15.1. The second-order valence-electron chi connectivity index (χ2n) is 6.74. The van der Waals surface area contributed by atoms with Crippen LogP contribution in [0.4, 0.5) is 0 Å². The lowest BCUT2D eigenvalue weighted by molar-refractivity contribution is 0.0319. The summed E-state index contributed by atoms with van der Waals surface area (Å²) < 4.78 is 7.00. The lowest BCUT2D eigenvalue weighted by atomic mass is 10.1. The van der Waals surface area contributed by atoms with Gasteiger partial charge in [-0.2, -0.15) is 0 Å². The van der Waals surface area contributed by atoms with E-state index in [0.29, 0.717) is 28.0 Å². The molecule has 0 radical (unpaired) electrons. The lowest BCUT2D eigenvalue weighted by Gasteiger charge is -2.13. The first-order chi connectivity index (χ1) is 13.4. The van der Waals surface area contributed by atoms with Crippen LogP contribution in [0.3, 0.4) is 0 Å². The second-order valence-corrected chi connectivity index (χ2v) is 7.18. The van der Waals surface area contributed by atoms with Gasteiger partial charge in [0.1, 0.15) is 5.82 Å². The van der Waals surface area contributed by atoms with Crippen LogP contribution in [0.5, 0.6) is 0 Å². The maximum atomic E-state index is 12.5. The molecule has 2 heterocycles. The molecule has 0 N–H and O–H groups in total. The van der Waals surface area contributed by atoms with Gasteiger partial charge in [-0.05, 0) is 55.8 Å². The quantitative estimate of drug-likeness (QED) is 0.498. The fourth-order valence-corrected chi connectivity index (χ4v) is 3.47. The molecule has 0 saturated heterocycles. The number of carbonyl (C=O) groups excluding carboxylic acids is 2. The van der Waals surface area contributed by atoms with Crippen LogP contribution < -0.4 is 5.56 Å². The van der Waals surface area contributed by atoms with Gasteiger partial charge >= 0.3 is 5.97 Å². The Morgan fingerprint density at radius 3 is 2.61 bits per heavy atom. The number of hydrogen-bond donors (Lipinski definition) is 0. The number of nitrogens with zero attached hydrogens (tertiary/aromatic N) is 2. The van der Waals surface area contributed by atoms with Crippen LogP contribution in [0.1, 0.15) is 39.9 Å². The van der Waals surface area contributed by atoms with E-state index in [0.717, 1.165) is 18.7 Å². The molecule has 3 aromatic rings. The Hall–Kier alpha value is -2.99. The molecule has 0 unspecified atom stereocenters. The molecule has 0 fully saturated rings. The highest BCUT2D eigenvalue weighted by atomic mass is 35.5. The van der Waals surface area contributed by atoms with Gasteiger partial charge in [0.05, 0.1) is 16.5 Å². The normalized spacial score (nSPS) is 13.9. The van der Waals surface area contributed by atoms with Gasteiger partial charge in [0.25, 0.3) is 5.56 Å². The van der Waals surface area contributed by atoms with Crippen molar-refractivity contribution >= 4 is 34.3 Å². The van der Waals surface area contributed by atoms with Crippen molar-refractivity contribution in [2.45, 2.75) is 32.4 Å². The molecule has 6 nitrogen and oxygen atoms in total. The van der Waals surface area contributed by atoms with Gasteiger partial charge in [-0.15, -0.1) is 0 Å². The van der Waals surface area contributed by atoms with Gasteiger partial charge < -0.3 is 4.74 Å². The van der Waals surface area contributed by atoms with Crippen molar-refractivity contribution < 1.29 is 14.3 Å². The average Bonchev–Trinajstić information content (AvgIpc) is 3.16. The van der Waals surface area contributed by atoms with Crippen molar-refractivity contribution in [2.75, 3.05) is 0 Å². The molecule has 0 aliphatic carbocycles. The molecule has 1 aromatic heterocycles. The van der Waals surface area contributed by atoms with Crippen LogP contribution in [0.25, 0.3) is 10.9 Å². The van der Waals surface area contributed by atoms with Crippen LogP contribution >= 0.6 is 11.6 Å². The first-order valence-electron chi connectivity index (χ1n) is 8.98. The van der Waals surface area contributed by atoms with Crippen LogP contribution in [-0.4, -0.2) is 27.4 Å². The summed E-state index contributed by atoms with van der Waals surface area (Å²) in [5.41, 5.74) is 1.03. The first kappa shape index (κ1) is 18.4. The second kappa shape index (κ2) is 7.20. The first-order valence-corrected chi connectivity index (χ1v) is 9.36. The summed E-state index contributed by atoms with van der Waals surface area (Å²) in [4.78, 5) is 41.9. The molecule has 0 bridgehead atoms. The van der Waals surface area contributed by atoms with Crippen molar-refractivity contribution in [3.05, 3.63) is 74.8 Å². The molecule has 0 saturated carbocycles. The molecule has 1 atom stereocenters. The number of esters is 1. The van der Waals surface area contributed by atoms with Gasteiger partial charge in [0, 0.05) is 23.6 Å². The number of fused-ring (bicyclic) bond motifs is 2. The Bertz CT molecular complexity index is 1150. The number of rotatable bonds is 4. The largest absolute Gasteiger partial charge is 0.451 e. The van der Waals surface area contributed by atoms with E-state index in [9.17, 15) is 14.4 Å². The van der Waals surface area contributed by atoms with E-state index in [-0.39, 0.29) is 16.9 Å². The minimum absolute atomic E-state index is 0.0938. The van der Waals surface area contributed by atoms with Crippen molar-refractivity contribution in [3.63, 3.8) is 0 Å². The van der Waals surface area contributed by atoms with E-state index in [1.54, 1.807) is 34.9 Å². The standard InChI is InChI=1S/C21H17ClN2O4/c1-12(19(25)13-4-7-15(22)8-5-13)28-21(27)14-6-9-16-17(11-14)23-18-3-2-10-24(18)20(16)26/h4-9,11-12H,2-3,10H2,1H3/t12-/m0/s1. The third-order valence-electron chi connectivity index (χ3n) is 4.83. The molecule has 1 aliphatic heterocycles.